The summed E-state index contributed by atoms with van der Waals surface area (Å²) >= 11 is 0. The number of carbonyl (C=O) groups is 1. The summed E-state index contributed by atoms with van der Waals surface area (Å²) in [5.41, 5.74) is 3.22. The van der Waals surface area contributed by atoms with Crippen molar-refractivity contribution in [3.8, 4) is 11.3 Å². The van der Waals surface area contributed by atoms with Crippen LogP contribution in [0.2, 0.25) is 0 Å². The van der Waals surface area contributed by atoms with E-state index in [2.05, 4.69) is 9.97 Å². The van der Waals surface area contributed by atoms with Crippen molar-refractivity contribution in [2.45, 2.75) is 6.92 Å². The lowest BCUT2D eigenvalue weighted by atomic mass is 10.1. The Morgan fingerprint density at radius 3 is 2.87 bits per heavy atom. The average Bonchev–Trinajstić information content (AvgIpc) is 2.29. The van der Waals surface area contributed by atoms with Crippen LogP contribution in [0.25, 0.3) is 11.3 Å². The summed E-state index contributed by atoms with van der Waals surface area (Å²) in [5.74, 6) is 0. The number of pyridine rings is 2. The summed E-state index contributed by atoms with van der Waals surface area (Å²) in [5, 5.41) is 0. The van der Waals surface area contributed by atoms with Crippen LogP contribution >= 0.6 is 0 Å². The van der Waals surface area contributed by atoms with Crippen LogP contribution in [0.5, 0.6) is 0 Å². The summed E-state index contributed by atoms with van der Waals surface area (Å²) in [6, 6.07) is 7.55. The highest BCUT2D eigenvalue weighted by molar-refractivity contribution is 5.77. The molecule has 0 amide bonds. The fraction of sp³-hybridized carbons (Fsp3) is 0.0833. The molecule has 0 aromatic carbocycles. The van der Waals surface area contributed by atoms with Gasteiger partial charge in [-0.3, -0.25) is 14.8 Å². The lowest BCUT2D eigenvalue weighted by Gasteiger charge is -2.01. The maximum absolute atomic E-state index is 10.6. The van der Waals surface area contributed by atoms with Gasteiger partial charge in [0, 0.05) is 29.2 Å². The minimum atomic E-state index is 0.566. The lowest BCUT2D eigenvalue weighted by molar-refractivity contribution is 0.112. The number of hydrogen-bond acceptors (Lipinski definition) is 3. The highest BCUT2D eigenvalue weighted by Gasteiger charge is 2.00. The molecule has 0 fully saturated rings. The number of aromatic nitrogens is 2. The lowest BCUT2D eigenvalue weighted by Crippen LogP contribution is -1.89. The fourth-order valence-electron chi connectivity index (χ4n) is 1.37. The summed E-state index contributed by atoms with van der Waals surface area (Å²) < 4.78 is 0. The molecule has 0 N–H and O–H groups in total. The quantitative estimate of drug-likeness (QED) is 0.695. The Bertz CT molecular complexity index is 494. The van der Waals surface area contributed by atoms with E-state index in [4.69, 9.17) is 0 Å². The molecule has 2 aromatic heterocycles. The summed E-state index contributed by atoms with van der Waals surface area (Å²) in [7, 11) is 0. The number of carbonyl (C=O) groups excluding carboxylic acids is 1. The van der Waals surface area contributed by atoms with Gasteiger partial charge >= 0.3 is 0 Å². The molecule has 0 atom stereocenters. The number of aldehydes is 1. The van der Waals surface area contributed by atoms with Crippen molar-refractivity contribution < 1.29 is 4.79 Å². The second-order valence-corrected chi connectivity index (χ2v) is 3.29. The van der Waals surface area contributed by atoms with Gasteiger partial charge in [-0.1, -0.05) is 6.07 Å². The van der Waals surface area contributed by atoms with Crippen LogP contribution in [-0.4, -0.2) is 16.3 Å². The minimum absolute atomic E-state index is 0.566. The van der Waals surface area contributed by atoms with E-state index in [1.165, 1.54) is 6.20 Å². The molecule has 2 heterocycles. The smallest absolute Gasteiger partial charge is 0.151 e. The normalized spacial score (nSPS) is 9.93. The Morgan fingerprint density at radius 2 is 2.13 bits per heavy atom. The third-order valence-electron chi connectivity index (χ3n) is 2.08. The van der Waals surface area contributed by atoms with Gasteiger partial charge in [0.2, 0.25) is 0 Å². The second kappa shape index (κ2) is 4.00. The maximum Gasteiger partial charge on any atom is 0.151 e. The van der Waals surface area contributed by atoms with Crippen molar-refractivity contribution in [1.82, 2.24) is 9.97 Å². The molecular formula is C12H10N2O. The van der Waals surface area contributed by atoms with E-state index < -0.39 is 0 Å². The van der Waals surface area contributed by atoms with Gasteiger partial charge in [-0.15, -0.1) is 0 Å². The molecule has 0 unspecified atom stereocenters. The third kappa shape index (κ3) is 2.07. The number of hydrogen-bond donors (Lipinski definition) is 0. The number of nitrogens with zero attached hydrogens (tertiary/aromatic N) is 2. The molecule has 0 spiro atoms. The second-order valence-electron chi connectivity index (χ2n) is 3.29. The van der Waals surface area contributed by atoms with Crippen LogP contribution in [0, 0.1) is 6.92 Å². The average molecular weight is 198 g/mol. The van der Waals surface area contributed by atoms with Crippen molar-refractivity contribution in [3.05, 3.63) is 47.9 Å². The Balaban J connectivity index is 2.49. The van der Waals surface area contributed by atoms with Crippen LogP contribution in [0.15, 0.2) is 36.7 Å². The third-order valence-corrected chi connectivity index (χ3v) is 2.08. The monoisotopic (exact) mass is 198 g/mol. The topological polar surface area (TPSA) is 42.9 Å². The molecule has 0 bridgehead atoms. The van der Waals surface area contributed by atoms with Gasteiger partial charge in [-0.2, -0.15) is 0 Å². The van der Waals surface area contributed by atoms with E-state index in [9.17, 15) is 4.79 Å². The van der Waals surface area contributed by atoms with Crippen molar-refractivity contribution in [2.24, 2.45) is 0 Å². The molecule has 0 aliphatic heterocycles. The van der Waals surface area contributed by atoms with Gasteiger partial charge in [-0.05, 0) is 25.1 Å². The Kier molecular flexibility index (Phi) is 2.54. The molecule has 15 heavy (non-hydrogen) atoms. The van der Waals surface area contributed by atoms with E-state index >= 15 is 0 Å². The Hall–Kier alpha value is -2.03. The van der Waals surface area contributed by atoms with Crippen LogP contribution in [0.4, 0.5) is 0 Å². The van der Waals surface area contributed by atoms with E-state index in [1.54, 1.807) is 12.3 Å². The first-order chi connectivity index (χ1) is 7.29. The van der Waals surface area contributed by atoms with Gasteiger partial charge in [0.25, 0.3) is 0 Å². The van der Waals surface area contributed by atoms with Crippen molar-refractivity contribution >= 4 is 6.29 Å². The van der Waals surface area contributed by atoms with Gasteiger partial charge in [-0.25, -0.2) is 0 Å². The highest BCUT2D eigenvalue weighted by Crippen LogP contribution is 2.16. The Labute approximate surface area is 87.8 Å². The van der Waals surface area contributed by atoms with Crippen LogP contribution in [0.3, 0.4) is 0 Å². The molecule has 0 saturated carbocycles. The minimum Gasteiger partial charge on any atom is -0.298 e. The van der Waals surface area contributed by atoms with Gasteiger partial charge in [0.1, 0.15) is 0 Å². The maximum atomic E-state index is 10.6. The summed E-state index contributed by atoms with van der Waals surface area (Å²) in [6.45, 7) is 1.93. The van der Waals surface area contributed by atoms with Crippen molar-refractivity contribution in [3.63, 3.8) is 0 Å². The first-order valence-electron chi connectivity index (χ1n) is 4.64. The van der Waals surface area contributed by atoms with Crippen molar-refractivity contribution in [2.75, 3.05) is 0 Å². The van der Waals surface area contributed by atoms with E-state index in [0.29, 0.717) is 5.56 Å². The summed E-state index contributed by atoms with van der Waals surface area (Å²) in [4.78, 5) is 18.9. The van der Waals surface area contributed by atoms with Crippen LogP contribution in [0.1, 0.15) is 16.1 Å². The van der Waals surface area contributed by atoms with Gasteiger partial charge in [0.05, 0.1) is 5.69 Å². The molecule has 0 aliphatic rings. The largest absolute Gasteiger partial charge is 0.298 e. The van der Waals surface area contributed by atoms with E-state index in [0.717, 1.165) is 23.2 Å². The van der Waals surface area contributed by atoms with Gasteiger partial charge < -0.3 is 0 Å². The van der Waals surface area contributed by atoms with E-state index in [-0.39, 0.29) is 0 Å². The van der Waals surface area contributed by atoms with Crippen molar-refractivity contribution in [1.29, 1.82) is 0 Å². The molecule has 2 rings (SSSR count). The Morgan fingerprint density at radius 1 is 1.27 bits per heavy atom. The predicted molar refractivity (Wildman–Crippen MR) is 57.6 cm³/mol. The van der Waals surface area contributed by atoms with Crippen LogP contribution in [-0.2, 0) is 0 Å². The molecular weight excluding hydrogens is 188 g/mol. The SMILES string of the molecule is Cc1cccc(-c2cncc(C=O)c2)n1. The number of rotatable bonds is 2. The standard InChI is InChI=1S/C12H10N2O/c1-9-3-2-4-12(14-9)11-5-10(8-15)6-13-7-11/h2-8H,1H3. The molecule has 3 nitrogen and oxygen atoms in total. The molecule has 3 heteroatoms. The van der Waals surface area contributed by atoms with Gasteiger partial charge in [0.15, 0.2) is 6.29 Å². The highest BCUT2D eigenvalue weighted by atomic mass is 16.1. The van der Waals surface area contributed by atoms with Crippen LogP contribution < -0.4 is 0 Å². The molecule has 2 aromatic rings. The molecule has 74 valence electrons. The summed E-state index contributed by atoms with van der Waals surface area (Å²) in [6.07, 6.45) is 4.02. The first-order valence-corrected chi connectivity index (χ1v) is 4.64. The fourth-order valence-corrected chi connectivity index (χ4v) is 1.37. The predicted octanol–water partition coefficient (Wildman–Crippen LogP) is 2.26. The number of aryl methyl sites for hydroxylation is 1. The first kappa shape index (κ1) is 9.52. The molecule has 0 aliphatic carbocycles. The molecule has 0 radical (unpaired) electrons. The zero-order valence-electron chi connectivity index (χ0n) is 8.34. The molecule has 0 saturated heterocycles. The van der Waals surface area contributed by atoms with E-state index in [1.807, 2.05) is 25.1 Å². The zero-order valence-corrected chi connectivity index (χ0v) is 8.34. The zero-order chi connectivity index (χ0) is 10.7.